The minimum absolute atomic E-state index is 0.169. The van der Waals surface area contributed by atoms with Gasteiger partial charge < -0.3 is 9.47 Å². The number of amides is 1. The summed E-state index contributed by atoms with van der Waals surface area (Å²) < 4.78 is 29.0. The Hall–Kier alpha value is -2.56. The lowest BCUT2D eigenvalue weighted by Gasteiger charge is -2.26. The van der Waals surface area contributed by atoms with E-state index in [0.717, 1.165) is 30.5 Å². The van der Waals surface area contributed by atoms with E-state index >= 15 is 0 Å². The summed E-state index contributed by atoms with van der Waals surface area (Å²) in [5.41, 5.74) is 2.05. The highest BCUT2D eigenvalue weighted by atomic mass is 32.2. The normalized spacial score (nSPS) is 17.1. The molecule has 10 heteroatoms. The van der Waals surface area contributed by atoms with E-state index in [-0.39, 0.29) is 16.4 Å². The van der Waals surface area contributed by atoms with E-state index in [1.165, 1.54) is 22.2 Å². The Balaban J connectivity index is 1.48. The second-order valence-electron chi connectivity index (χ2n) is 8.36. The minimum atomic E-state index is -3.52. The van der Waals surface area contributed by atoms with Crippen molar-refractivity contribution in [2.24, 2.45) is 7.05 Å². The largest absolute Gasteiger partial charge is 0.307 e. The predicted octanol–water partition coefficient (Wildman–Crippen LogP) is 2.68. The fourth-order valence-corrected chi connectivity index (χ4v) is 7.20. The van der Waals surface area contributed by atoms with Gasteiger partial charge in [0, 0.05) is 32.4 Å². The van der Waals surface area contributed by atoms with Crippen molar-refractivity contribution in [2.75, 3.05) is 24.5 Å². The highest BCUT2D eigenvalue weighted by Gasteiger charge is 2.32. The van der Waals surface area contributed by atoms with Crippen LogP contribution in [0.5, 0.6) is 0 Å². The third kappa shape index (κ3) is 3.28. The van der Waals surface area contributed by atoms with Gasteiger partial charge >= 0.3 is 0 Å². The Morgan fingerprint density at radius 3 is 2.62 bits per heavy atom. The first-order valence-electron chi connectivity index (χ1n) is 10.7. The first-order chi connectivity index (χ1) is 15.3. The van der Waals surface area contributed by atoms with Crippen molar-refractivity contribution in [3.63, 3.8) is 0 Å². The van der Waals surface area contributed by atoms with Crippen LogP contribution in [0.4, 0.5) is 5.69 Å². The number of aromatic nitrogens is 2. The van der Waals surface area contributed by atoms with E-state index in [1.807, 2.05) is 0 Å². The van der Waals surface area contributed by atoms with Crippen LogP contribution in [0.1, 0.15) is 40.1 Å². The summed E-state index contributed by atoms with van der Waals surface area (Å²) in [6, 6.07) is 5.04. The van der Waals surface area contributed by atoms with E-state index in [9.17, 15) is 18.0 Å². The number of sulfonamides is 1. The van der Waals surface area contributed by atoms with E-state index in [2.05, 4.69) is 4.98 Å². The smallest absolute Gasteiger partial charge is 0.268 e. The number of thiophene rings is 1. The van der Waals surface area contributed by atoms with Gasteiger partial charge in [0.15, 0.2) is 0 Å². The quantitative estimate of drug-likeness (QED) is 0.584. The van der Waals surface area contributed by atoms with Gasteiger partial charge in [0.05, 0.1) is 21.5 Å². The van der Waals surface area contributed by atoms with E-state index in [1.54, 1.807) is 41.4 Å². The summed E-state index contributed by atoms with van der Waals surface area (Å²) in [6.07, 6.45) is 4.89. The molecule has 0 radical (unpaired) electrons. The molecule has 0 aliphatic carbocycles. The number of rotatable bonds is 3. The molecule has 32 heavy (non-hydrogen) atoms. The lowest BCUT2D eigenvalue weighted by atomic mass is 10.1. The third-order valence-corrected chi connectivity index (χ3v) is 9.43. The molecule has 2 aromatic heterocycles. The first kappa shape index (κ1) is 21.3. The molecule has 4 heterocycles. The molecule has 1 saturated heterocycles. The fourth-order valence-electron chi connectivity index (χ4n) is 4.54. The summed E-state index contributed by atoms with van der Waals surface area (Å²) in [6.45, 7) is 3.37. The molecule has 1 fully saturated rings. The highest BCUT2D eigenvalue weighted by molar-refractivity contribution is 7.89. The molecule has 5 rings (SSSR count). The van der Waals surface area contributed by atoms with Gasteiger partial charge in [0.2, 0.25) is 10.0 Å². The van der Waals surface area contributed by atoms with Crippen LogP contribution in [0.3, 0.4) is 0 Å². The maximum atomic E-state index is 13.4. The number of hydrogen-bond donors (Lipinski definition) is 0. The van der Waals surface area contributed by atoms with Gasteiger partial charge in [-0.15, -0.1) is 11.3 Å². The summed E-state index contributed by atoms with van der Waals surface area (Å²) in [5, 5.41) is 0.478. The van der Waals surface area contributed by atoms with Crippen molar-refractivity contribution < 1.29 is 13.2 Å². The number of piperidine rings is 1. The van der Waals surface area contributed by atoms with Gasteiger partial charge in [0.25, 0.3) is 11.5 Å². The van der Waals surface area contributed by atoms with Crippen LogP contribution < -0.4 is 10.5 Å². The zero-order valence-electron chi connectivity index (χ0n) is 18.0. The number of aryl methyl sites for hydroxylation is 2. The number of nitrogens with zero attached hydrogens (tertiary/aromatic N) is 4. The molecule has 2 aliphatic heterocycles. The summed E-state index contributed by atoms with van der Waals surface area (Å²) in [7, 11) is -1.88. The van der Waals surface area contributed by atoms with Gasteiger partial charge in [-0.2, -0.15) is 4.31 Å². The number of hydrogen-bond acceptors (Lipinski definition) is 6. The minimum Gasteiger partial charge on any atom is -0.307 e. The molecule has 0 spiro atoms. The average Bonchev–Trinajstić information content (AvgIpc) is 3.37. The zero-order chi connectivity index (χ0) is 22.6. The van der Waals surface area contributed by atoms with Crippen molar-refractivity contribution in [3.05, 3.63) is 50.9 Å². The van der Waals surface area contributed by atoms with Gasteiger partial charge in [-0.25, -0.2) is 13.4 Å². The predicted molar refractivity (Wildman–Crippen MR) is 124 cm³/mol. The Labute approximate surface area is 190 Å². The number of anilines is 1. The van der Waals surface area contributed by atoms with Crippen LogP contribution in [0.25, 0.3) is 10.2 Å². The highest BCUT2D eigenvalue weighted by Crippen LogP contribution is 2.35. The van der Waals surface area contributed by atoms with Crippen molar-refractivity contribution in [1.82, 2.24) is 13.9 Å². The maximum absolute atomic E-state index is 13.4. The van der Waals surface area contributed by atoms with Crippen LogP contribution in [0, 0.1) is 6.92 Å². The molecule has 3 aromatic rings. The molecule has 1 amide bonds. The Bertz CT molecular complexity index is 1400. The SMILES string of the molecule is Cc1c(C(=O)N2CCc3cc(S(=O)(=O)N4CCCCC4)ccc32)sc2ncn(C)c(=O)c12. The van der Waals surface area contributed by atoms with Gasteiger partial charge in [-0.3, -0.25) is 9.59 Å². The van der Waals surface area contributed by atoms with Crippen LogP contribution in [0.15, 0.2) is 34.2 Å². The number of carbonyl (C=O) groups excluding carboxylic acids is 1. The number of carbonyl (C=O) groups is 1. The second kappa shape index (κ2) is 7.79. The third-order valence-electron chi connectivity index (χ3n) is 6.35. The molecular weight excluding hydrogens is 448 g/mol. The molecule has 1 aromatic carbocycles. The zero-order valence-corrected chi connectivity index (χ0v) is 19.6. The van der Waals surface area contributed by atoms with E-state index in [0.29, 0.717) is 46.7 Å². The summed E-state index contributed by atoms with van der Waals surface area (Å²) in [4.78, 5) is 33.2. The van der Waals surface area contributed by atoms with Crippen LogP contribution >= 0.6 is 11.3 Å². The standard InChI is InChI=1S/C22H24N4O4S2/c1-14-18-20(23-13-24(2)21(18)27)31-19(14)22(28)26-11-8-15-12-16(6-7-17(15)26)32(29,30)25-9-4-3-5-10-25/h6-7,12-13H,3-5,8-11H2,1-2H3. The van der Waals surface area contributed by atoms with Crippen molar-refractivity contribution in [2.45, 2.75) is 37.5 Å². The lowest BCUT2D eigenvalue weighted by molar-refractivity contribution is 0.0993. The molecule has 0 bridgehead atoms. The molecule has 8 nitrogen and oxygen atoms in total. The van der Waals surface area contributed by atoms with E-state index in [4.69, 9.17) is 0 Å². The van der Waals surface area contributed by atoms with Crippen molar-refractivity contribution in [3.8, 4) is 0 Å². The average molecular weight is 473 g/mol. The molecule has 2 aliphatic rings. The second-order valence-corrected chi connectivity index (χ2v) is 11.3. The maximum Gasteiger partial charge on any atom is 0.268 e. The van der Waals surface area contributed by atoms with Gasteiger partial charge in [-0.1, -0.05) is 6.42 Å². The van der Waals surface area contributed by atoms with Crippen LogP contribution in [-0.2, 0) is 23.5 Å². The molecule has 168 valence electrons. The van der Waals surface area contributed by atoms with Crippen LogP contribution in [0.2, 0.25) is 0 Å². The molecule has 0 atom stereocenters. The summed E-state index contributed by atoms with van der Waals surface area (Å²) in [5.74, 6) is -0.182. The topological polar surface area (TPSA) is 92.6 Å². The van der Waals surface area contributed by atoms with Crippen LogP contribution in [-0.4, -0.2) is 47.8 Å². The van der Waals surface area contributed by atoms with E-state index < -0.39 is 10.0 Å². The molecule has 0 N–H and O–H groups in total. The lowest BCUT2D eigenvalue weighted by Crippen LogP contribution is -2.35. The Kier molecular flexibility index (Phi) is 5.18. The fraction of sp³-hybridized carbons (Fsp3) is 0.409. The molecule has 0 saturated carbocycles. The molecule has 0 unspecified atom stereocenters. The van der Waals surface area contributed by atoms with Gasteiger partial charge in [-0.05, 0) is 55.5 Å². The Morgan fingerprint density at radius 1 is 1.12 bits per heavy atom. The number of fused-ring (bicyclic) bond motifs is 2. The number of benzene rings is 1. The van der Waals surface area contributed by atoms with Crippen molar-refractivity contribution >= 4 is 43.2 Å². The Morgan fingerprint density at radius 2 is 1.88 bits per heavy atom. The summed E-state index contributed by atoms with van der Waals surface area (Å²) >= 11 is 1.22. The monoisotopic (exact) mass is 472 g/mol. The van der Waals surface area contributed by atoms with Crippen molar-refractivity contribution in [1.29, 1.82) is 0 Å². The van der Waals surface area contributed by atoms with Gasteiger partial charge in [0.1, 0.15) is 4.83 Å². The first-order valence-corrected chi connectivity index (χ1v) is 12.9. The molecular formula is C22H24N4O4S2.